The molecule has 2 aliphatic heterocycles. The number of nitrogens with one attached hydrogen (secondary N) is 2. The molecule has 2 N–H and O–H groups in total. The van der Waals surface area contributed by atoms with Crippen molar-refractivity contribution in [2.45, 2.75) is 31.8 Å². The van der Waals surface area contributed by atoms with Gasteiger partial charge in [-0.2, -0.15) is 0 Å². The van der Waals surface area contributed by atoms with E-state index in [1.165, 1.54) is 0 Å². The molecule has 2 aliphatic rings. The summed E-state index contributed by atoms with van der Waals surface area (Å²) in [7, 11) is 0. The molecule has 0 aliphatic carbocycles. The number of amides is 2. The highest BCUT2D eigenvalue weighted by molar-refractivity contribution is 5.90. The van der Waals surface area contributed by atoms with Gasteiger partial charge in [-0.25, -0.2) is 4.79 Å². The molecule has 1 aromatic heterocycles. The van der Waals surface area contributed by atoms with Crippen molar-refractivity contribution in [3.63, 3.8) is 0 Å². The highest BCUT2D eigenvalue weighted by Gasteiger charge is 2.44. The number of carbonyl (C=O) groups excluding carboxylic acids is 2. The van der Waals surface area contributed by atoms with Gasteiger partial charge in [0.1, 0.15) is 5.60 Å². The van der Waals surface area contributed by atoms with Gasteiger partial charge >= 0.3 is 6.09 Å². The second-order valence-electron chi connectivity index (χ2n) is 6.80. The van der Waals surface area contributed by atoms with Gasteiger partial charge in [-0.3, -0.25) is 4.79 Å². The minimum atomic E-state index is -0.541. The Morgan fingerprint density at radius 3 is 3.00 bits per heavy atom. The summed E-state index contributed by atoms with van der Waals surface area (Å²) in [5.41, 5.74) is 2.60. The van der Waals surface area contributed by atoms with Gasteiger partial charge in [-0.15, -0.1) is 0 Å². The first-order valence-electron chi connectivity index (χ1n) is 8.37. The predicted octanol–water partition coefficient (Wildman–Crippen LogP) is 2.12. The van der Waals surface area contributed by atoms with Gasteiger partial charge in [0.2, 0.25) is 5.91 Å². The Morgan fingerprint density at radius 2 is 2.21 bits per heavy atom. The summed E-state index contributed by atoms with van der Waals surface area (Å²) in [4.78, 5) is 29.4. The number of para-hydroxylation sites is 1. The fourth-order valence-electron chi connectivity index (χ4n) is 3.87. The number of aromatic nitrogens is 1. The third kappa shape index (κ3) is 2.52. The number of ether oxygens (including phenoxy) is 1. The average molecular weight is 327 g/mol. The first-order chi connectivity index (χ1) is 11.6. The van der Waals surface area contributed by atoms with Crippen LogP contribution in [0.3, 0.4) is 0 Å². The van der Waals surface area contributed by atoms with Crippen molar-refractivity contribution in [3.05, 3.63) is 35.5 Å². The van der Waals surface area contributed by atoms with Crippen LogP contribution < -0.4 is 5.32 Å². The molecule has 126 valence electrons. The van der Waals surface area contributed by atoms with Gasteiger partial charge < -0.3 is 19.9 Å². The molecule has 24 heavy (non-hydrogen) atoms. The largest absolute Gasteiger partial charge is 0.439 e. The zero-order chi connectivity index (χ0) is 16.7. The number of likely N-dealkylation sites (tertiary alicyclic amines) is 1. The van der Waals surface area contributed by atoms with Gasteiger partial charge in [0.05, 0.1) is 19.5 Å². The quantitative estimate of drug-likeness (QED) is 0.887. The second-order valence-corrected chi connectivity index (χ2v) is 6.80. The van der Waals surface area contributed by atoms with Crippen LogP contribution in [0.25, 0.3) is 10.9 Å². The molecule has 4 rings (SSSR count). The molecular formula is C18H21N3O3. The summed E-state index contributed by atoms with van der Waals surface area (Å²) in [6.07, 6.45) is 1.65. The lowest BCUT2D eigenvalue weighted by Gasteiger charge is -2.38. The lowest BCUT2D eigenvalue weighted by Crippen LogP contribution is -2.52. The van der Waals surface area contributed by atoms with E-state index in [0.717, 1.165) is 41.5 Å². The van der Waals surface area contributed by atoms with E-state index in [0.29, 0.717) is 19.5 Å². The van der Waals surface area contributed by atoms with Crippen LogP contribution in [-0.2, 0) is 16.0 Å². The van der Waals surface area contributed by atoms with Gasteiger partial charge in [0, 0.05) is 23.1 Å². The summed E-state index contributed by atoms with van der Waals surface area (Å²) in [5, 5.41) is 3.82. The van der Waals surface area contributed by atoms with E-state index in [1.807, 2.05) is 36.1 Å². The number of fused-ring (bicyclic) bond motifs is 1. The highest BCUT2D eigenvalue weighted by atomic mass is 16.6. The molecule has 2 amide bonds. The van der Waals surface area contributed by atoms with Crippen molar-refractivity contribution in [2.24, 2.45) is 0 Å². The van der Waals surface area contributed by atoms with Gasteiger partial charge in [-0.05, 0) is 31.4 Å². The Kier molecular flexibility index (Phi) is 3.48. The Balaban J connectivity index is 1.53. The van der Waals surface area contributed by atoms with Crippen LogP contribution in [0, 0.1) is 6.92 Å². The van der Waals surface area contributed by atoms with Crippen LogP contribution in [0.15, 0.2) is 24.3 Å². The SMILES string of the molecule is Cc1[nH]c2ccccc2c1CC(=O)N1CCC[C@]2(CNC(=O)O2)C1. The molecule has 2 saturated heterocycles. The fourth-order valence-corrected chi connectivity index (χ4v) is 3.87. The van der Waals surface area contributed by atoms with Crippen molar-refractivity contribution in [3.8, 4) is 0 Å². The Morgan fingerprint density at radius 1 is 1.38 bits per heavy atom. The third-order valence-electron chi connectivity index (χ3n) is 5.11. The van der Waals surface area contributed by atoms with E-state index in [9.17, 15) is 9.59 Å². The van der Waals surface area contributed by atoms with Gasteiger partial charge in [-0.1, -0.05) is 18.2 Å². The second kappa shape index (κ2) is 5.54. The molecule has 6 nitrogen and oxygen atoms in total. The topological polar surface area (TPSA) is 74.4 Å². The number of aromatic amines is 1. The lowest BCUT2D eigenvalue weighted by molar-refractivity contribution is -0.136. The van der Waals surface area contributed by atoms with E-state index >= 15 is 0 Å². The number of benzene rings is 1. The third-order valence-corrected chi connectivity index (χ3v) is 5.11. The van der Waals surface area contributed by atoms with Gasteiger partial charge in [0.25, 0.3) is 0 Å². The number of H-pyrrole nitrogens is 1. The molecule has 1 spiro atoms. The van der Waals surface area contributed by atoms with E-state index < -0.39 is 5.60 Å². The molecular weight excluding hydrogens is 306 g/mol. The molecule has 0 saturated carbocycles. The first kappa shape index (κ1) is 15.1. The molecule has 2 aromatic rings. The van der Waals surface area contributed by atoms with Crippen LogP contribution in [0.2, 0.25) is 0 Å². The zero-order valence-corrected chi connectivity index (χ0v) is 13.7. The average Bonchev–Trinajstić information content (AvgIpc) is 3.08. The predicted molar refractivity (Wildman–Crippen MR) is 89.8 cm³/mol. The number of aryl methyl sites for hydroxylation is 1. The van der Waals surface area contributed by atoms with Crippen LogP contribution in [0.4, 0.5) is 4.79 Å². The first-order valence-corrected chi connectivity index (χ1v) is 8.37. The number of piperidine rings is 1. The van der Waals surface area contributed by atoms with E-state index in [-0.39, 0.29) is 12.0 Å². The number of hydrogen-bond acceptors (Lipinski definition) is 3. The Hall–Kier alpha value is -2.50. The highest BCUT2D eigenvalue weighted by Crippen LogP contribution is 2.29. The maximum absolute atomic E-state index is 12.8. The lowest BCUT2D eigenvalue weighted by atomic mass is 9.92. The molecule has 3 heterocycles. The molecule has 0 radical (unpaired) electrons. The fraction of sp³-hybridized carbons (Fsp3) is 0.444. The van der Waals surface area contributed by atoms with Crippen LogP contribution in [0.5, 0.6) is 0 Å². The maximum Gasteiger partial charge on any atom is 0.407 e. The number of rotatable bonds is 2. The molecule has 0 unspecified atom stereocenters. The smallest absolute Gasteiger partial charge is 0.407 e. The van der Waals surface area contributed by atoms with Crippen LogP contribution in [-0.4, -0.2) is 47.1 Å². The van der Waals surface area contributed by atoms with E-state index in [4.69, 9.17) is 4.74 Å². The molecule has 6 heteroatoms. The molecule has 2 fully saturated rings. The summed E-state index contributed by atoms with van der Waals surface area (Å²) < 4.78 is 5.45. The summed E-state index contributed by atoms with van der Waals surface area (Å²) in [6, 6.07) is 8.04. The normalized spacial score (nSPS) is 23.5. The van der Waals surface area contributed by atoms with Crippen LogP contribution in [0.1, 0.15) is 24.1 Å². The number of hydrogen-bond donors (Lipinski definition) is 2. The summed E-state index contributed by atoms with van der Waals surface area (Å²) in [5.74, 6) is 0.0878. The van der Waals surface area contributed by atoms with Gasteiger partial charge in [0.15, 0.2) is 0 Å². The minimum Gasteiger partial charge on any atom is -0.439 e. The van der Waals surface area contributed by atoms with Crippen LogP contribution >= 0.6 is 0 Å². The van der Waals surface area contributed by atoms with Crippen molar-refractivity contribution >= 4 is 22.9 Å². The number of alkyl carbamates (subject to hydrolysis) is 1. The van der Waals surface area contributed by atoms with Crippen molar-refractivity contribution in [1.82, 2.24) is 15.2 Å². The van der Waals surface area contributed by atoms with E-state index in [2.05, 4.69) is 10.3 Å². The summed E-state index contributed by atoms with van der Waals surface area (Å²) in [6.45, 7) is 3.69. The van der Waals surface area contributed by atoms with E-state index in [1.54, 1.807) is 0 Å². The minimum absolute atomic E-state index is 0.0878. The van der Waals surface area contributed by atoms with Crippen molar-refractivity contribution in [1.29, 1.82) is 0 Å². The monoisotopic (exact) mass is 327 g/mol. The number of nitrogens with zero attached hydrogens (tertiary/aromatic N) is 1. The Labute approximate surface area is 140 Å². The molecule has 0 bridgehead atoms. The zero-order valence-electron chi connectivity index (χ0n) is 13.7. The van der Waals surface area contributed by atoms with Crippen molar-refractivity contribution < 1.29 is 14.3 Å². The van der Waals surface area contributed by atoms with Crippen molar-refractivity contribution in [2.75, 3.05) is 19.6 Å². The standard InChI is InChI=1S/C18H21N3O3/c1-12-14(13-5-2-3-6-15(13)20-12)9-16(22)21-8-4-7-18(11-21)10-19-17(23)24-18/h2-3,5-6,20H,4,7-11H2,1H3,(H,19,23)/t18-/m0/s1. The molecule has 1 aromatic carbocycles. The Bertz CT molecular complexity index is 813. The molecule has 1 atom stereocenters. The maximum atomic E-state index is 12.8. The summed E-state index contributed by atoms with van der Waals surface area (Å²) >= 11 is 0. The number of carbonyl (C=O) groups is 2.